The van der Waals surface area contributed by atoms with Crippen LogP contribution in [0.4, 0.5) is 0 Å². The van der Waals surface area contributed by atoms with Gasteiger partial charge in [0.15, 0.2) is 0 Å². The number of nitrogens with one attached hydrogen (secondary N) is 1. The number of nitrogens with two attached hydrogens (primary N) is 1. The molecule has 5 heteroatoms. The van der Waals surface area contributed by atoms with E-state index in [4.69, 9.17) is 33.8 Å². The predicted molar refractivity (Wildman–Crippen MR) is 88.6 cm³/mol. The summed E-state index contributed by atoms with van der Waals surface area (Å²) in [5.74, 6) is 6.49. The van der Waals surface area contributed by atoms with E-state index in [9.17, 15) is 0 Å². The molecule has 0 heterocycles. The van der Waals surface area contributed by atoms with Gasteiger partial charge < -0.3 is 4.74 Å². The van der Waals surface area contributed by atoms with Gasteiger partial charge in [0.05, 0.1) is 11.6 Å². The zero-order chi connectivity index (χ0) is 15.5. The summed E-state index contributed by atoms with van der Waals surface area (Å²) < 4.78 is 5.93. The van der Waals surface area contributed by atoms with Crippen molar-refractivity contribution in [3.8, 4) is 0 Å². The SMILES string of the molecule is COC1(C(Cc2ccc(Cl)cc2Cl)NN)CCCC(C)C1. The van der Waals surface area contributed by atoms with Crippen molar-refractivity contribution in [3.05, 3.63) is 33.8 Å². The summed E-state index contributed by atoms with van der Waals surface area (Å²) in [6.45, 7) is 2.27. The molecule has 0 spiro atoms. The maximum absolute atomic E-state index is 6.29. The highest BCUT2D eigenvalue weighted by Crippen LogP contribution is 2.38. The second kappa shape index (κ2) is 7.30. The van der Waals surface area contributed by atoms with Gasteiger partial charge in [0.2, 0.25) is 0 Å². The Kier molecular flexibility index (Phi) is 5.92. The molecule has 118 valence electrons. The van der Waals surface area contributed by atoms with Crippen molar-refractivity contribution in [3.63, 3.8) is 0 Å². The van der Waals surface area contributed by atoms with Gasteiger partial charge in [0.25, 0.3) is 0 Å². The summed E-state index contributed by atoms with van der Waals surface area (Å²) in [5, 5.41) is 1.33. The van der Waals surface area contributed by atoms with E-state index in [0.29, 0.717) is 16.0 Å². The Labute approximate surface area is 137 Å². The smallest absolute Gasteiger partial charge is 0.0850 e. The van der Waals surface area contributed by atoms with Gasteiger partial charge in [0, 0.05) is 17.2 Å². The topological polar surface area (TPSA) is 47.3 Å². The molecular formula is C16H24Cl2N2O. The molecule has 3 unspecified atom stereocenters. The van der Waals surface area contributed by atoms with E-state index in [-0.39, 0.29) is 11.6 Å². The van der Waals surface area contributed by atoms with Gasteiger partial charge >= 0.3 is 0 Å². The van der Waals surface area contributed by atoms with E-state index >= 15 is 0 Å². The number of hydrazine groups is 1. The lowest BCUT2D eigenvalue weighted by molar-refractivity contribution is -0.0791. The number of hydrogen-bond acceptors (Lipinski definition) is 3. The minimum atomic E-state index is -0.227. The molecule has 0 aliphatic heterocycles. The van der Waals surface area contributed by atoms with Crippen molar-refractivity contribution >= 4 is 23.2 Å². The van der Waals surface area contributed by atoms with E-state index in [1.807, 2.05) is 12.1 Å². The average molecular weight is 331 g/mol. The first kappa shape index (κ1) is 17.0. The Morgan fingerprint density at radius 2 is 2.24 bits per heavy atom. The molecule has 1 fully saturated rings. The van der Waals surface area contributed by atoms with Crippen molar-refractivity contribution in [1.29, 1.82) is 0 Å². The van der Waals surface area contributed by atoms with Crippen LogP contribution in [0.25, 0.3) is 0 Å². The normalized spacial score (nSPS) is 27.6. The van der Waals surface area contributed by atoms with E-state index in [2.05, 4.69) is 12.3 Å². The number of ether oxygens (including phenoxy) is 1. The summed E-state index contributed by atoms with van der Waals surface area (Å²) in [4.78, 5) is 0. The fraction of sp³-hybridized carbons (Fsp3) is 0.625. The third-order valence-corrected chi connectivity index (χ3v) is 5.26. The minimum Gasteiger partial charge on any atom is -0.377 e. The van der Waals surface area contributed by atoms with Gasteiger partial charge in [-0.2, -0.15) is 0 Å². The molecule has 0 saturated heterocycles. The number of benzene rings is 1. The van der Waals surface area contributed by atoms with Gasteiger partial charge in [-0.25, -0.2) is 0 Å². The van der Waals surface area contributed by atoms with Crippen LogP contribution in [0.3, 0.4) is 0 Å². The van der Waals surface area contributed by atoms with E-state index in [1.165, 1.54) is 12.8 Å². The molecule has 0 radical (unpaired) electrons. The van der Waals surface area contributed by atoms with Gasteiger partial charge in [0.1, 0.15) is 0 Å². The molecule has 3 atom stereocenters. The highest BCUT2D eigenvalue weighted by atomic mass is 35.5. The molecule has 2 rings (SSSR count). The molecule has 1 saturated carbocycles. The van der Waals surface area contributed by atoms with Crippen LogP contribution in [0.5, 0.6) is 0 Å². The van der Waals surface area contributed by atoms with Crippen LogP contribution >= 0.6 is 23.2 Å². The Morgan fingerprint density at radius 1 is 1.48 bits per heavy atom. The van der Waals surface area contributed by atoms with Gasteiger partial charge in [-0.3, -0.25) is 11.3 Å². The molecular weight excluding hydrogens is 307 g/mol. The number of rotatable bonds is 5. The van der Waals surface area contributed by atoms with Crippen molar-refractivity contribution in [1.82, 2.24) is 5.43 Å². The maximum Gasteiger partial charge on any atom is 0.0850 e. The van der Waals surface area contributed by atoms with Crippen LogP contribution in [0, 0.1) is 5.92 Å². The van der Waals surface area contributed by atoms with Gasteiger partial charge in [-0.1, -0.05) is 49.0 Å². The molecule has 1 aromatic carbocycles. The van der Waals surface area contributed by atoms with Crippen molar-refractivity contribution < 1.29 is 4.74 Å². The average Bonchev–Trinajstić information content (AvgIpc) is 2.46. The van der Waals surface area contributed by atoms with Gasteiger partial charge in [-0.15, -0.1) is 0 Å². The quantitative estimate of drug-likeness (QED) is 0.634. The third-order valence-electron chi connectivity index (χ3n) is 4.67. The van der Waals surface area contributed by atoms with Crippen LogP contribution < -0.4 is 11.3 Å². The molecule has 1 aliphatic rings. The Bertz CT molecular complexity index is 483. The summed E-state index contributed by atoms with van der Waals surface area (Å²) in [6, 6.07) is 5.63. The van der Waals surface area contributed by atoms with E-state index in [1.54, 1.807) is 13.2 Å². The number of methoxy groups -OCH3 is 1. The van der Waals surface area contributed by atoms with Crippen molar-refractivity contribution in [2.45, 2.75) is 50.7 Å². The lowest BCUT2D eigenvalue weighted by Gasteiger charge is -2.44. The lowest BCUT2D eigenvalue weighted by atomic mass is 9.73. The number of halogens is 2. The Balaban J connectivity index is 2.21. The zero-order valence-corrected chi connectivity index (χ0v) is 14.2. The molecule has 0 amide bonds. The molecule has 3 N–H and O–H groups in total. The molecule has 1 aliphatic carbocycles. The molecule has 1 aromatic rings. The maximum atomic E-state index is 6.29. The van der Waals surface area contributed by atoms with Crippen LogP contribution in [0.2, 0.25) is 10.0 Å². The van der Waals surface area contributed by atoms with Crippen LogP contribution in [0.1, 0.15) is 38.2 Å². The monoisotopic (exact) mass is 330 g/mol. The van der Waals surface area contributed by atoms with Crippen LogP contribution in [-0.4, -0.2) is 18.8 Å². The lowest BCUT2D eigenvalue weighted by Crippen LogP contribution is -2.57. The first-order chi connectivity index (χ1) is 10.0. The summed E-state index contributed by atoms with van der Waals surface area (Å²) >= 11 is 12.3. The second-order valence-electron chi connectivity index (χ2n) is 6.13. The fourth-order valence-electron chi connectivity index (χ4n) is 3.49. The Morgan fingerprint density at radius 3 is 2.81 bits per heavy atom. The second-order valence-corrected chi connectivity index (χ2v) is 6.97. The largest absolute Gasteiger partial charge is 0.377 e. The van der Waals surface area contributed by atoms with Crippen LogP contribution in [-0.2, 0) is 11.2 Å². The van der Waals surface area contributed by atoms with Gasteiger partial charge in [-0.05, 0) is 42.9 Å². The molecule has 0 aromatic heterocycles. The molecule has 21 heavy (non-hydrogen) atoms. The third kappa shape index (κ3) is 3.91. The first-order valence-electron chi connectivity index (χ1n) is 7.46. The van der Waals surface area contributed by atoms with E-state index in [0.717, 1.165) is 24.8 Å². The van der Waals surface area contributed by atoms with E-state index < -0.39 is 0 Å². The molecule has 0 bridgehead atoms. The number of hydrogen-bond donors (Lipinski definition) is 2. The summed E-state index contributed by atoms with van der Waals surface area (Å²) in [6.07, 6.45) is 5.19. The highest BCUT2D eigenvalue weighted by molar-refractivity contribution is 6.35. The van der Waals surface area contributed by atoms with Crippen molar-refractivity contribution in [2.24, 2.45) is 11.8 Å². The predicted octanol–water partition coefficient (Wildman–Crippen LogP) is 3.96. The van der Waals surface area contributed by atoms with Crippen LogP contribution in [0.15, 0.2) is 18.2 Å². The molecule has 3 nitrogen and oxygen atoms in total. The first-order valence-corrected chi connectivity index (χ1v) is 8.21. The summed E-state index contributed by atoms with van der Waals surface area (Å²) in [5.41, 5.74) is 3.77. The summed E-state index contributed by atoms with van der Waals surface area (Å²) in [7, 11) is 1.78. The van der Waals surface area contributed by atoms with Crippen molar-refractivity contribution in [2.75, 3.05) is 7.11 Å². The highest BCUT2D eigenvalue weighted by Gasteiger charge is 2.41. The minimum absolute atomic E-state index is 0.0314. The zero-order valence-electron chi connectivity index (χ0n) is 12.7. The standard InChI is InChI=1S/C16H24Cl2N2O/c1-11-4-3-7-16(10-11,21-2)15(20-19)8-12-5-6-13(17)9-14(12)18/h5-6,9,11,15,20H,3-4,7-8,10,19H2,1-2H3. The fourth-order valence-corrected chi connectivity index (χ4v) is 3.98. The Hall–Kier alpha value is -0.320.